The maximum atomic E-state index is 5.52. The fraction of sp³-hybridized carbons (Fsp3) is 0.769. The van der Waals surface area contributed by atoms with Gasteiger partial charge in [0.15, 0.2) is 0 Å². The van der Waals surface area contributed by atoms with Gasteiger partial charge in [0.2, 0.25) is 11.9 Å². The molecule has 0 spiro atoms. The van der Waals surface area contributed by atoms with Gasteiger partial charge in [-0.05, 0) is 32.1 Å². The Kier molecular flexibility index (Phi) is 4.27. The molecule has 0 aromatic carbocycles. The molecule has 1 fully saturated rings. The van der Waals surface area contributed by atoms with Gasteiger partial charge >= 0.3 is 6.01 Å². The van der Waals surface area contributed by atoms with Crippen molar-refractivity contribution in [2.75, 3.05) is 10.7 Å². The van der Waals surface area contributed by atoms with Crippen LogP contribution in [0.3, 0.4) is 0 Å². The Morgan fingerprint density at radius 2 is 1.95 bits per heavy atom. The highest BCUT2D eigenvalue weighted by Crippen LogP contribution is 2.38. The van der Waals surface area contributed by atoms with E-state index in [0.29, 0.717) is 17.9 Å². The van der Waals surface area contributed by atoms with Crippen LogP contribution < -0.4 is 21.3 Å². The highest BCUT2D eigenvalue weighted by Gasteiger charge is 2.35. The van der Waals surface area contributed by atoms with Crippen LogP contribution in [0.25, 0.3) is 0 Å². The molecule has 1 aliphatic rings. The second kappa shape index (κ2) is 5.78. The Hall–Kier alpha value is -1.63. The number of aromatic nitrogens is 3. The Bertz CT molecular complexity index is 462. The average molecular weight is 280 g/mol. The topological polar surface area (TPSA) is 98.0 Å². The minimum absolute atomic E-state index is 0.00111. The number of nitrogen functional groups attached to an aromatic ring is 1. The molecule has 1 atom stereocenters. The maximum Gasteiger partial charge on any atom is 0.323 e. The van der Waals surface area contributed by atoms with E-state index in [1.54, 1.807) is 0 Å². The molecule has 0 saturated heterocycles. The third-order valence-corrected chi connectivity index (χ3v) is 3.65. The minimum atomic E-state index is -0.00111. The van der Waals surface area contributed by atoms with Crippen molar-refractivity contribution in [3.8, 4) is 6.01 Å². The van der Waals surface area contributed by atoms with Gasteiger partial charge in [0, 0.05) is 6.04 Å². The first-order chi connectivity index (χ1) is 9.40. The van der Waals surface area contributed by atoms with E-state index in [1.807, 2.05) is 13.8 Å². The van der Waals surface area contributed by atoms with Gasteiger partial charge in [-0.1, -0.05) is 20.3 Å². The predicted octanol–water partition coefficient (Wildman–Crippen LogP) is 1.93. The van der Waals surface area contributed by atoms with Crippen molar-refractivity contribution in [1.29, 1.82) is 0 Å². The lowest BCUT2D eigenvalue weighted by molar-refractivity contribution is 0.222. The normalized spacial score (nSPS) is 21.0. The molecule has 4 N–H and O–H groups in total. The molecule has 1 aliphatic carbocycles. The molecule has 7 nitrogen and oxygen atoms in total. The standard InChI is InChI=1S/C13H24N6O/c1-8(2)20-12-17-10(16-11(18-12)19-14)15-9-6-5-7-13(9,3)4/h8-9H,5-7,14H2,1-4H3,(H2,15,16,17,18,19). The van der Waals surface area contributed by atoms with Crippen LogP contribution in [0.1, 0.15) is 47.0 Å². The lowest BCUT2D eigenvalue weighted by Crippen LogP contribution is -2.32. The molecule has 1 saturated carbocycles. The summed E-state index contributed by atoms with van der Waals surface area (Å²) >= 11 is 0. The molecule has 20 heavy (non-hydrogen) atoms. The van der Waals surface area contributed by atoms with Crippen molar-refractivity contribution < 1.29 is 4.74 Å². The summed E-state index contributed by atoms with van der Waals surface area (Å²) in [6.45, 7) is 8.36. The van der Waals surface area contributed by atoms with Gasteiger partial charge in [-0.25, -0.2) is 5.84 Å². The van der Waals surface area contributed by atoms with Crippen LogP contribution in [0.2, 0.25) is 0 Å². The Balaban J connectivity index is 2.18. The molecule has 0 aliphatic heterocycles. The van der Waals surface area contributed by atoms with Crippen LogP contribution in [0.15, 0.2) is 0 Å². The first kappa shape index (κ1) is 14.8. The number of nitrogens with two attached hydrogens (primary N) is 1. The zero-order valence-electron chi connectivity index (χ0n) is 12.6. The van der Waals surface area contributed by atoms with E-state index in [9.17, 15) is 0 Å². The fourth-order valence-electron chi connectivity index (χ4n) is 2.50. The number of ether oxygens (including phenoxy) is 1. The van der Waals surface area contributed by atoms with Crippen molar-refractivity contribution in [3.05, 3.63) is 0 Å². The van der Waals surface area contributed by atoms with Gasteiger partial charge in [-0.2, -0.15) is 15.0 Å². The molecule has 0 amide bonds. The number of nitrogens with one attached hydrogen (secondary N) is 2. The summed E-state index contributed by atoms with van der Waals surface area (Å²) in [7, 11) is 0. The zero-order valence-corrected chi connectivity index (χ0v) is 12.6. The molecule has 112 valence electrons. The molecular weight excluding hydrogens is 256 g/mol. The van der Waals surface area contributed by atoms with E-state index in [-0.39, 0.29) is 17.5 Å². The van der Waals surface area contributed by atoms with Crippen molar-refractivity contribution in [1.82, 2.24) is 15.0 Å². The van der Waals surface area contributed by atoms with Crippen LogP contribution in [-0.4, -0.2) is 27.1 Å². The molecule has 0 radical (unpaired) electrons. The lowest BCUT2D eigenvalue weighted by Gasteiger charge is -2.27. The molecular formula is C13H24N6O. The predicted molar refractivity (Wildman–Crippen MR) is 78.4 cm³/mol. The largest absolute Gasteiger partial charge is 0.461 e. The first-order valence-corrected chi connectivity index (χ1v) is 7.06. The lowest BCUT2D eigenvalue weighted by atomic mass is 9.87. The van der Waals surface area contributed by atoms with Crippen molar-refractivity contribution >= 4 is 11.9 Å². The third-order valence-electron chi connectivity index (χ3n) is 3.65. The Morgan fingerprint density at radius 3 is 2.50 bits per heavy atom. The van der Waals surface area contributed by atoms with Gasteiger partial charge in [0.05, 0.1) is 6.10 Å². The summed E-state index contributed by atoms with van der Waals surface area (Å²) in [5.74, 6) is 6.20. The van der Waals surface area contributed by atoms with Crippen LogP contribution in [0, 0.1) is 5.41 Å². The monoisotopic (exact) mass is 280 g/mol. The summed E-state index contributed by atoms with van der Waals surface area (Å²) in [6, 6.07) is 0.628. The second-order valence-corrected chi connectivity index (χ2v) is 6.15. The van der Waals surface area contributed by atoms with Gasteiger partial charge in [-0.3, -0.25) is 5.43 Å². The molecule has 1 unspecified atom stereocenters. The summed E-state index contributed by atoms with van der Waals surface area (Å²) in [5, 5.41) is 3.38. The molecule has 1 aromatic rings. The van der Waals surface area contributed by atoms with E-state index < -0.39 is 0 Å². The van der Waals surface area contributed by atoms with E-state index in [4.69, 9.17) is 10.6 Å². The highest BCUT2D eigenvalue weighted by atomic mass is 16.5. The van der Waals surface area contributed by atoms with Crippen LogP contribution in [0.5, 0.6) is 6.01 Å². The SMILES string of the molecule is CC(C)Oc1nc(NN)nc(NC2CCCC2(C)C)n1. The summed E-state index contributed by atoms with van der Waals surface area (Å²) in [5.41, 5.74) is 2.68. The van der Waals surface area contributed by atoms with Crippen LogP contribution in [-0.2, 0) is 0 Å². The van der Waals surface area contributed by atoms with Crippen molar-refractivity contribution in [2.45, 2.75) is 59.1 Å². The van der Waals surface area contributed by atoms with Gasteiger partial charge in [0.25, 0.3) is 0 Å². The van der Waals surface area contributed by atoms with Gasteiger partial charge < -0.3 is 10.1 Å². The maximum absolute atomic E-state index is 5.52. The second-order valence-electron chi connectivity index (χ2n) is 6.15. The molecule has 0 bridgehead atoms. The van der Waals surface area contributed by atoms with E-state index in [1.165, 1.54) is 12.8 Å². The van der Waals surface area contributed by atoms with E-state index in [0.717, 1.165) is 6.42 Å². The summed E-state index contributed by atoms with van der Waals surface area (Å²) < 4.78 is 5.52. The Morgan fingerprint density at radius 1 is 1.25 bits per heavy atom. The van der Waals surface area contributed by atoms with E-state index >= 15 is 0 Å². The average Bonchev–Trinajstić information content (AvgIpc) is 2.67. The number of nitrogens with zero attached hydrogens (tertiary/aromatic N) is 3. The molecule has 1 heterocycles. The Labute approximate surface area is 119 Å². The smallest absolute Gasteiger partial charge is 0.323 e. The minimum Gasteiger partial charge on any atom is -0.461 e. The number of anilines is 2. The number of hydrogen-bond donors (Lipinski definition) is 3. The van der Waals surface area contributed by atoms with Crippen molar-refractivity contribution in [2.24, 2.45) is 11.3 Å². The number of hydrazine groups is 1. The quantitative estimate of drug-likeness (QED) is 0.560. The molecule has 7 heteroatoms. The number of rotatable bonds is 5. The fourth-order valence-corrected chi connectivity index (χ4v) is 2.50. The number of hydrogen-bond acceptors (Lipinski definition) is 7. The first-order valence-electron chi connectivity index (χ1n) is 7.06. The molecule has 2 rings (SSSR count). The zero-order chi connectivity index (χ0) is 14.8. The van der Waals surface area contributed by atoms with Gasteiger partial charge in [-0.15, -0.1) is 0 Å². The highest BCUT2D eigenvalue weighted by molar-refractivity contribution is 5.36. The summed E-state index contributed by atoms with van der Waals surface area (Å²) in [6.07, 6.45) is 3.53. The third kappa shape index (κ3) is 3.47. The van der Waals surface area contributed by atoms with Crippen molar-refractivity contribution in [3.63, 3.8) is 0 Å². The van der Waals surface area contributed by atoms with Gasteiger partial charge in [0.1, 0.15) is 0 Å². The van der Waals surface area contributed by atoms with Crippen LogP contribution >= 0.6 is 0 Å². The molecule has 1 aromatic heterocycles. The van der Waals surface area contributed by atoms with Crippen LogP contribution in [0.4, 0.5) is 11.9 Å². The summed E-state index contributed by atoms with van der Waals surface area (Å²) in [4.78, 5) is 12.6. The van der Waals surface area contributed by atoms with E-state index in [2.05, 4.69) is 39.5 Å².